The van der Waals surface area contributed by atoms with Crippen molar-refractivity contribution < 1.29 is 31.1 Å². The maximum Gasteiger partial charge on any atom is 0.435 e. The summed E-state index contributed by atoms with van der Waals surface area (Å²) in [5.74, 6) is 0.796. The zero-order valence-electron chi connectivity index (χ0n) is 15.3. The van der Waals surface area contributed by atoms with Gasteiger partial charge in [-0.1, -0.05) is 0 Å². The number of benzene rings is 2. The fourth-order valence-electron chi connectivity index (χ4n) is 3.18. The van der Waals surface area contributed by atoms with Crippen LogP contribution in [-0.2, 0) is 22.6 Å². The highest BCUT2D eigenvalue weighted by atomic mass is 32.2. The van der Waals surface area contributed by atoms with Crippen molar-refractivity contribution in [1.29, 1.82) is 0 Å². The topological polar surface area (TPSA) is 70.4 Å². The highest BCUT2D eigenvalue weighted by Crippen LogP contribution is 2.41. The normalized spacial score (nSPS) is 13.4. The van der Waals surface area contributed by atoms with E-state index in [9.17, 15) is 21.6 Å². The molecule has 3 aromatic rings. The molecule has 0 unspecified atom stereocenters. The minimum Gasteiger partial charge on any atom is -0.497 e. The first-order valence-electron chi connectivity index (χ1n) is 8.40. The summed E-state index contributed by atoms with van der Waals surface area (Å²) < 4.78 is 76.3. The average molecular weight is 424 g/mol. The predicted octanol–water partition coefficient (Wildman–Crippen LogP) is 3.86. The highest BCUT2D eigenvalue weighted by molar-refractivity contribution is 7.90. The summed E-state index contributed by atoms with van der Waals surface area (Å²) in [6.45, 7) is -0.391. The largest absolute Gasteiger partial charge is 0.497 e. The molecule has 1 aromatic heterocycles. The number of ether oxygens (including phenoxy) is 2. The van der Waals surface area contributed by atoms with Gasteiger partial charge in [0.1, 0.15) is 23.9 Å². The lowest BCUT2D eigenvalue weighted by molar-refractivity contribution is -0.142. The van der Waals surface area contributed by atoms with Gasteiger partial charge >= 0.3 is 6.18 Å². The zero-order chi connectivity index (χ0) is 21.0. The van der Waals surface area contributed by atoms with Crippen molar-refractivity contribution in [2.24, 2.45) is 0 Å². The monoisotopic (exact) mass is 424 g/mol. The van der Waals surface area contributed by atoms with Crippen LogP contribution < -0.4 is 9.47 Å². The van der Waals surface area contributed by atoms with Gasteiger partial charge in [-0.3, -0.25) is 4.57 Å². The molecule has 0 N–H and O–H groups in total. The lowest BCUT2D eigenvalue weighted by atomic mass is 10.2. The molecular weight excluding hydrogens is 409 g/mol. The van der Waals surface area contributed by atoms with Gasteiger partial charge in [0.25, 0.3) is 0 Å². The molecule has 1 aliphatic rings. The molecule has 0 bridgehead atoms. The van der Waals surface area contributed by atoms with Crippen molar-refractivity contribution in [3.8, 4) is 28.6 Å². The third-order valence-corrected chi connectivity index (χ3v) is 5.66. The van der Waals surface area contributed by atoms with Crippen LogP contribution in [0.2, 0.25) is 0 Å². The van der Waals surface area contributed by atoms with E-state index in [0.717, 1.165) is 6.26 Å². The molecule has 29 heavy (non-hydrogen) atoms. The fraction of sp³-hybridized carbons (Fsp3) is 0.211. The number of hydrogen-bond acceptors (Lipinski definition) is 5. The van der Waals surface area contributed by atoms with E-state index < -0.39 is 28.3 Å². The van der Waals surface area contributed by atoms with Crippen LogP contribution in [-0.4, -0.2) is 31.3 Å². The second-order valence-electron chi connectivity index (χ2n) is 6.48. The third kappa shape index (κ3) is 3.33. The number of alkyl halides is 3. The summed E-state index contributed by atoms with van der Waals surface area (Å²) in [6, 6.07) is 10.5. The molecule has 2 heterocycles. The van der Waals surface area contributed by atoms with Gasteiger partial charge in [-0.25, -0.2) is 13.4 Å². The van der Waals surface area contributed by atoms with Crippen LogP contribution in [0.5, 0.6) is 11.5 Å². The molecule has 1 aliphatic heterocycles. The maximum absolute atomic E-state index is 13.6. The summed E-state index contributed by atoms with van der Waals surface area (Å²) in [5.41, 5.74) is -0.459. The number of hydrogen-bond donors (Lipinski definition) is 0. The summed E-state index contributed by atoms with van der Waals surface area (Å²) in [6.07, 6.45) is -3.62. The molecular formula is C19H15F3N2O4S. The number of halogens is 3. The molecule has 0 amide bonds. The number of fused-ring (bicyclic) bond motifs is 3. The Bertz CT molecular complexity index is 1200. The van der Waals surface area contributed by atoms with Crippen molar-refractivity contribution in [2.45, 2.75) is 17.7 Å². The van der Waals surface area contributed by atoms with Gasteiger partial charge in [0.15, 0.2) is 15.5 Å². The number of rotatable bonds is 3. The van der Waals surface area contributed by atoms with Crippen LogP contribution >= 0.6 is 0 Å². The van der Waals surface area contributed by atoms with Gasteiger partial charge in [-0.15, -0.1) is 0 Å². The number of nitrogens with zero attached hydrogens (tertiary/aromatic N) is 2. The average Bonchev–Trinajstić information content (AvgIpc) is 3.07. The summed E-state index contributed by atoms with van der Waals surface area (Å²) >= 11 is 0. The number of aromatic nitrogens is 2. The lowest BCUT2D eigenvalue weighted by Crippen LogP contribution is -2.18. The van der Waals surface area contributed by atoms with Crippen molar-refractivity contribution >= 4 is 9.84 Å². The SMILES string of the molecule is COc1ccc(-c2nc(C(F)(F)F)c3n2-c2ccc(S(C)(=O)=O)cc2OC3)cc1. The van der Waals surface area contributed by atoms with Crippen LogP contribution in [0, 0.1) is 0 Å². The van der Waals surface area contributed by atoms with Crippen LogP contribution in [0.1, 0.15) is 11.4 Å². The maximum atomic E-state index is 13.6. The highest BCUT2D eigenvalue weighted by Gasteiger charge is 2.41. The van der Waals surface area contributed by atoms with E-state index in [1.165, 1.54) is 29.9 Å². The van der Waals surface area contributed by atoms with Gasteiger partial charge < -0.3 is 9.47 Å². The Kier molecular flexibility index (Phi) is 4.34. The van der Waals surface area contributed by atoms with E-state index >= 15 is 0 Å². The van der Waals surface area contributed by atoms with Gasteiger partial charge in [-0.05, 0) is 36.4 Å². The first-order valence-corrected chi connectivity index (χ1v) is 10.3. The molecule has 0 fully saturated rings. The van der Waals surface area contributed by atoms with E-state index in [2.05, 4.69) is 4.98 Å². The molecule has 0 radical (unpaired) electrons. The Morgan fingerprint density at radius 2 is 1.83 bits per heavy atom. The lowest BCUT2D eigenvalue weighted by Gasteiger charge is -2.23. The minimum atomic E-state index is -4.67. The van der Waals surface area contributed by atoms with Crippen LogP contribution in [0.4, 0.5) is 13.2 Å². The second-order valence-corrected chi connectivity index (χ2v) is 8.50. The van der Waals surface area contributed by atoms with Crippen molar-refractivity contribution in [3.05, 3.63) is 53.9 Å². The Balaban J connectivity index is 1.96. The van der Waals surface area contributed by atoms with E-state index in [1.807, 2.05) is 0 Å². The van der Waals surface area contributed by atoms with E-state index in [4.69, 9.17) is 9.47 Å². The van der Waals surface area contributed by atoms with Gasteiger partial charge in [-0.2, -0.15) is 13.2 Å². The summed E-state index contributed by atoms with van der Waals surface area (Å²) in [4.78, 5) is 3.87. The minimum absolute atomic E-state index is 0.0156. The van der Waals surface area contributed by atoms with E-state index in [0.29, 0.717) is 11.3 Å². The Morgan fingerprint density at radius 1 is 1.14 bits per heavy atom. The predicted molar refractivity (Wildman–Crippen MR) is 98.0 cm³/mol. The molecule has 6 nitrogen and oxygen atoms in total. The molecule has 0 atom stereocenters. The standard InChI is InChI=1S/C19H15F3N2O4S/c1-27-12-5-3-11(4-6-12)18-23-17(19(20,21)22)15-10-28-16-9-13(29(2,25)26)7-8-14(16)24(15)18/h3-9H,10H2,1-2H3. The molecule has 0 aliphatic carbocycles. The molecule has 0 saturated heterocycles. The van der Waals surface area contributed by atoms with E-state index in [1.54, 1.807) is 24.3 Å². The van der Waals surface area contributed by atoms with Crippen LogP contribution in [0.3, 0.4) is 0 Å². The van der Waals surface area contributed by atoms with E-state index in [-0.39, 0.29) is 27.9 Å². The number of methoxy groups -OCH3 is 1. The molecule has 10 heteroatoms. The second kappa shape index (κ2) is 6.51. The van der Waals surface area contributed by atoms with Crippen molar-refractivity contribution in [3.63, 3.8) is 0 Å². The van der Waals surface area contributed by atoms with Crippen molar-refractivity contribution in [1.82, 2.24) is 9.55 Å². The summed E-state index contributed by atoms with van der Waals surface area (Å²) in [5, 5.41) is 0. The Hall–Kier alpha value is -3.01. The molecule has 0 saturated carbocycles. The molecule has 4 rings (SSSR count). The molecule has 0 spiro atoms. The molecule has 2 aromatic carbocycles. The van der Waals surface area contributed by atoms with Crippen LogP contribution in [0.15, 0.2) is 47.4 Å². The fourth-order valence-corrected chi connectivity index (χ4v) is 3.82. The third-order valence-electron chi connectivity index (χ3n) is 4.55. The quantitative estimate of drug-likeness (QED) is 0.639. The van der Waals surface area contributed by atoms with Gasteiger partial charge in [0.05, 0.1) is 23.4 Å². The Labute approximate surface area is 164 Å². The zero-order valence-corrected chi connectivity index (χ0v) is 16.1. The van der Waals surface area contributed by atoms with Gasteiger partial charge in [0, 0.05) is 17.9 Å². The Morgan fingerprint density at radius 3 is 2.41 bits per heavy atom. The first-order chi connectivity index (χ1) is 13.6. The summed E-state index contributed by atoms with van der Waals surface area (Å²) in [7, 11) is -2.01. The number of sulfone groups is 1. The first kappa shape index (κ1) is 19.3. The van der Waals surface area contributed by atoms with Crippen LogP contribution in [0.25, 0.3) is 17.1 Å². The van der Waals surface area contributed by atoms with Crippen molar-refractivity contribution in [2.75, 3.05) is 13.4 Å². The molecule has 152 valence electrons. The van der Waals surface area contributed by atoms with Gasteiger partial charge in [0.2, 0.25) is 0 Å². The smallest absolute Gasteiger partial charge is 0.435 e. The number of imidazole rings is 1.